The van der Waals surface area contributed by atoms with Gasteiger partial charge in [-0.25, -0.2) is 0 Å². The summed E-state index contributed by atoms with van der Waals surface area (Å²) >= 11 is 11.9. The summed E-state index contributed by atoms with van der Waals surface area (Å²) in [6.07, 6.45) is 1.12. The zero-order chi connectivity index (χ0) is 15.9. The van der Waals surface area contributed by atoms with Gasteiger partial charge < -0.3 is 4.52 Å². The highest BCUT2D eigenvalue weighted by atomic mass is 35.5. The minimum atomic E-state index is -0.568. The lowest BCUT2D eigenvalue weighted by Crippen LogP contribution is -1.96. The van der Waals surface area contributed by atoms with E-state index >= 15 is 0 Å². The molecule has 0 radical (unpaired) electrons. The molecule has 0 aliphatic heterocycles. The molecule has 3 rings (SSSR count). The maximum atomic E-state index is 11.0. The summed E-state index contributed by atoms with van der Waals surface area (Å²) in [6.45, 7) is 0. The number of nitro groups is 1. The number of aryl methyl sites for hydroxylation is 1. The number of hydrogen-bond donors (Lipinski definition) is 0. The van der Waals surface area contributed by atoms with Crippen molar-refractivity contribution in [1.29, 1.82) is 0 Å². The Morgan fingerprint density at radius 1 is 1.36 bits per heavy atom. The van der Waals surface area contributed by atoms with Gasteiger partial charge in [0, 0.05) is 17.6 Å². The largest absolute Gasteiger partial charge is 0.332 e. The average molecular weight is 340 g/mol. The molecule has 2 aromatic heterocycles. The molecular weight excluding hydrogens is 333 g/mol. The van der Waals surface area contributed by atoms with Gasteiger partial charge in [-0.2, -0.15) is 10.1 Å². The molecule has 0 atom stereocenters. The third-order valence-electron chi connectivity index (χ3n) is 2.92. The molecule has 0 N–H and O–H groups in total. The van der Waals surface area contributed by atoms with E-state index in [4.69, 9.17) is 27.7 Å². The van der Waals surface area contributed by atoms with Crippen LogP contribution in [0.5, 0.6) is 0 Å². The first kappa shape index (κ1) is 14.5. The molecule has 0 saturated heterocycles. The summed E-state index contributed by atoms with van der Waals surface area (Å²) < 4.78 is 6.39. The first-order valence-corrected chi connectivity index (χ1v) is 6.69. The van der Waals surface area contributed by atoms with E-state index in [0.717, 1.165) is 6.20 Å². The van der Waals surface area contributed by atoms with Crippen LogP contribution in [0.3, 0.4) is 0 Å². The Kier molecular flexibility index (Phi) is 3.55. The zero-order valence-corrected chi connectivity index (χ0v) is 12.5. The van der Waals surface area contributed by atoms with Crippen LogP contribution in [0.25, 0.3) is 23.0 Å². The van der Waals surface area contributed by atoms with Crippen molar-refractivity contribution in [2.45, 2.75) is 0 Å². The number of hydrogen-bond acceptors (Lipinski definition) is 6. The fourth-order valence-corrected chi connectivity index (χ4v) is 2.40. The van der Waals surface area contributed by atoms with Crippen LogP contribution in [0, 0.1) is 10.1 Å². The normalized spacial score (nSPS) is 10.9. The van der Waals surface area contributed by atoms with E-state index in [0.29, 0.717) is 15.6 Å². The number of halogens is 2. The molecule has 1 aromatic carbocycles. The lowest BCUT2D eigenvalue weighted by atomic mass is 10.2. The van der Waals surface area contributed by atoms with Crippen molar-refractivity contribution in [1.82, 2.24) is 19.9 Å². The molecule has 0 aliphatic rings. The Bertz CT molecular complexity index is 874. The number of aromatic nitrogens is 4. The lowest BCUT2D eigenvalue weighted by Gasteiger charge is -1.98. The predicted molar refractivity (Wildman–Crippen MR) is 78.6 cm³/mol. The van der Waals surface area contributed by atoms with Crippen LogP contribution in [0.15, 0.2) is 28.9 Å². The van der Waals surface area contributed by atoms with Crippen molar-refractivity contribution in [3.8, 4) is 23.0 Å². The molecule has 10 heteroatoms. The summed E-state index contributed by atoms with van der Waals surface area (Å²) in [4.78, 5) is 14.6. The Morgan fingerprint density at radius 2 is 2.14 bits per heavy atom. The van der Waals surface area contributed by atoms with Crippen molar-refractivity contribution >= 4 is 28.9 Å². The minimum absolute atomic E-state index is 0.0206. The van der Waals surface area contributed by atoms with E-state index in [1.165, 1.54) is 4.68 Å². The molecule has 0 aliphatic carbocycles. The lowest BCUT2D eigenvalue weighted by molar-refractivity contribution is -0.384. The Morgan fingerprint density at radius 3 is 2.82 bits per heavy atom. The molecule has 0 saturated carbocycles. The van der Waals surface area contributed by atoms with Crippen LogP contribution in [-0.4, -0.2) is 24.8 Å². The maximum Gasteiger partial charge on any atom is 0.320 e. The van der Waals surface area contributed by atoms with E-state index in [-0.39, 0.29) is 23.1 Å². The van der Waals surface area contributed by atoms with Gasteiger partial charge in [0.05, 0.1) is 9.95 Å². The zero-order valence-electron chi connectivity index (χ0n) is 11.0. The third-order valence-corrected chi connectivity index (χ3v) is 3.46. The highest BCUT2D eigenvalue weighted by molar-refractivity contribution is 6.36. The molecule has 2 heterocycles. The van der Waals surface area contributed by atoms with Crippen LogP contribution in [0.4, 0.5) is 5.69 Å². The Hall–Kier alpha value is -2.45. The minimum Gasteiger partial charge on any atom is -0.332 e. The molecule has 8 nitrogen and oxygen atoms in total. The Balaban J connectivity index is 2.08. The van der Waals surface area contributed by atoms with Crippen LogP contribution in [0.1, 0.15) is 0 Å². The third kappa shape index (κ3) is 2.42. The fraction of sp³-hybridized carbons (Fsp3) is 0.0833. The van der Waals surface area contributed by atoms with Crippen molar-refractivity contribution in [2.24, 2.45) is 7.05 Å². The van der Waals surface area contributed by atoms with Gasteiger partial charge in [0.25, 0.3) is 5.89 Å². The first-order valence-electron chi connectivity index (χ1n) is 5.93. The fourth-order valence-electron chi connectivity index (χ4n) is 1.91. The SMILES string of the molecule is Cn1ncc([N+](=O)[O-])c1-c1nc(-c2ccc(Cl)cc2Cl)no1. The number of nitrogens with zero attached hydrogens (tertiary/aromatic N) is 5. The summed E-state index contributed by atoms with van der Waals surface area (Å²) in [7, 11) is 1.54. The number of rotatable bonds is 3. The molecule has 22 heavy (non-hydrogen) atoms. The maximum absolute atomic E-state index is 11.0. The first-order chi connectivity index (χ1) is 10.5. The van der Waals surface area contributed by atoms with Crippen LogP contribution < -0.4 is 0 Å². The standard InChI is InChI=1S/C12H7Cl2N5O3/c1-18-10(9(5-15-18)19(20)21)12-16-11(17-22-12)7-3-2-6(13)4-8(7)14/h2-5H,1H3. The smallest absolute Gasteiger partial charge is 0.320 e. The predicted octanol–water partition coefficient (Wildman–Crippen LogP) is 3.35. The molecular formula is C12H7Cl2N5O3. The van der Waals surface area contributed by atoms with Gasteiger partial charge in [0.15, 0.2) is 0 Å². The average Bonchev–Trinajstić information content (AvgIpc) is 3.05. The van der Waals surface area contributed by atoms with E-state index in [9.17, 15) is 10.1 Å². The van der Waals surface area contributed by atoms with Gasteiger partial charge in [0.2, 0.25) is 11.5 Å². The highest BCUT2D eigenvalue weighted by Gasteiger charge is 2.26. The molecule has 0 bridgehead atoms. The molecule has 0 fully saturated rings. The van der Waals surface area contributed by atoms with Gasteiger partial charge in [-0.05, 0) is 18.2 Å². The van der Waals surface area contributed by atoms with E-state index in [2.05, 4.69) is 15.2 Å². The molecule has 0 amide bonds. The monoisotopic (exact) mass is 339 g/mol. The summed E-state index contributed by atoms with van der Waals surface area (Å²) in [5.74, 6) is 0.180. The van der Waals surface area contributed by atoms with Crippen LogP contribution in [0.2, 0.25) is 10.0 Å². The molecule has 3 aromatic rings. The second-order valence-corrected chi connectivity index (χ2v) is 5.15. The van der Waals surface area contributed by atoms with Crippen molar-refractivity contribution < 1.29 is 9.45 Å². The Labute approximate surface area is 133 Å². The summed E-state index contributed by atoms with van der Waals surface area (Å²) in [5.41, 5.74) is 0.402. The van der Waals surface area contributed by atoms with Crippen molar-refractivity contribution in [3.63, 3.8) is 0 Å². The topological polar surface area (TPSA) is 99.9 Å². The van der Waals surface area contributed by atoms with Crippen LogP contribution in [-0.2, 0) is 7.05 Å². The van der Waals surface area contributed by atoms with Gasteiger partial charge in [-0.1, -0.05) is 28.4 Å². The van der Waals surface area contributed by atoms with Gasteiger partial charge in [-0.15, -0.1) is 0 Å². The van der Waals surface area contributed by atoms with E-state index in [1.807, 2.05) is 0 Å². The van der Waals surface area contributed by atoms with E-state index < -0.39 is 4.92 Å². The van der Waals surface area contributed by atoms with Crippen molar-refractivity contribution in [3.05, 3.63) is 44.6 Å². The second kappa shape index (κ2) is 5.39. The van der Waals surface area contributed by atoms with Crippen LogP contribution >= 0.6 is 23.2 Å². The van der Waals surface area contributed by atoms with Gasteiger partial charge in [-0.3, -0.25) is 14.8 Å². The van der Waals surface area contributed by atoms with E-state index in [1.54, 1.807) is 25.2 Å². The van der Waals surface area contributed by atoms with Gasteiger partial charge >= 0.3 is 5.69 Å². The highest BCUT2D eigenvalue weighted by Crippen LogP contribution is 2.32. The summed E-state index contributed by atoms with van der Waals surface area (Å²) in [5, 5.41) is 19.4. The quantitative estimate of drug-likeness (QED) is 0.535. The summed E-state index contributed by atoms with van der Waals surface area (Å²) in [6, 6.07) is 4.81. The van der Waals surface area contributed by atoms with Crippen molar-refractivity contribution in [2.75, 3.05) is 0 Å². The molecule has 112 valence electrons. The second-order valence-electron chi connectivity index (χ2n) is 4.31. The molecule has 0 unspecified atom stereocenters. The molecule has 0 spiro atoms. The number of benzene rings is 1. The van der Waals surface area contributed by atoms with Gasteiger partial charge in [0.1, 0.15) is 6.20 Å².